The largest absolute Gasteiger partial charge is 0.397 e. The van der Waals surface area contributed by atoms with Gasteiger partial charge in [-0.15, -0.1) is 0 Å². The number of aliphatic hydroxyl groups is 1. The third kappa shape index (κ3) is 3.71. The lowest BCUT2D eigenvalue weighted by Crippen LogP contribution is -2.35. The molecule has 3 N–H and O–H groups in total. The molecule has 13 heavy (non-hydrogen) atoms. The quantitative estimate of drug-likeness (QED) is 0.507. The van der Waals surface area contributed by atoms with E-state index < -0.39 is 5.60 Å². The van der Waals surface area contributed by atoms with E-state index in [4.69, 9.17) is 5.73 Å². The van der Waals surface area contributed by atoms with Gasteiger partial charge in [0.1, 0.15) is 5.60 Å². The van der Waals surface area contributed by atoms with E-state index in [1.165, 1.54) is 6.20 Å². The van der Waals surface area contributed by atoms with Gasteiger partial charge in [0.25, 0.3) is 0 Å². The molecule has 0 saturated heterocycles. The third-order valence-electron chi connectivity index (χ3n) is 1.37. The Morgan fingerprint density at radius 3 is 2.31 bits per heavy atom. The molecule has 0 saturated carbocycles. The van der Waals surface area contributed by atoms with Gasteiger partial charge in [-0.1, -0.05) is 19.2 Å². The summed E-state index contributed by atoms with van der Waals surface area (Å²) in [6, 6.07) is 0. The van der Waals surface area contributed by atoms with Gasteiger partial charge in [0.05, 0.1) is 11.4 Å². The third-order valence-corrected chi connectivity index (χ3v) is 1.37. The molecule has 0 aliphatic heterocycles. The van der Waals surface area contributed by atoms with Gasteiger partial charge in [0, 0.05) is 6.20 Å². The molecule has 0 aromatic carbocycles. The Labute approximate surface area is 79.0 Å². The van der Waals surface area contributed by atoms with E-state index in [2.05, 4.69) is 18.2 Å². The van der Waals surface area contributed by atoms with Crippen LogP contribution in [0.1, 0.15) is 13.8 Å². The molecule has 0 amide bonds. The number of rotatable bonds is 4. The van der Waals surface area contributed by atoms with E-state index in [-0.39, 0.29) is 0 Å². The first-order chi connectivity index (χ1) is 5.93. The molecule has 3 heteroatoms. The standard InChI is InChI=1S/C10H16N2O/c1-5-7-8(11)9(12-6-2)10(3,4)13/h5-7,13H,1-2,11H2,3-4H3/b8-7+,12-9+. The Bertz CT molecular complexity index is 257. The first-order valence-corrected chi connectivity index (χ1v) is 3.93. The van der Waals surface area contributed by atoms with Crippen LogP contribution in [0.3, 0.4) is 0 Å². The summed E-state index contributed by atoms with van der Waals surface area (Å²) in [7, 11) is 0. The van der Waals surface area contributed by atoms with Crippen LogP contribution in [0.5, 0.6) is 0 Å². The van der Waals surface area contributed by atoms with Gasteiger partial charge < -0.3 is 10.8 Å². The normalized spacial score (nSPS) is 14.1. The highest BCUT2D eigenvalue weighted by Crippen LogP contribution is 2.10. The lowest BCUT2D eigenvalue weighted by molar-refractivity contribution is 0.154. The molecule has 0 spiro atoms. The number of nitrogens with zero attached hydrogens (tertiary/aromatic N) is 1. The van der Waals surface area contributed by atoms with Crippen LogP contribution in [0, 0.1) is 0 Å². The first-order valence-electron chi connectivity index (χ1n) is 3.93. The molecule has 0 aromatic heterocycles. The van der Waals surface area contributed by atoms with Gasteiger partial charge in [0.15, 0.2) is 0 Å². The number of hydrogen-bond acceptors (Lipinski definition) is 3. The summed E-state index contributed by atoms with van der Waals surface area (Å²) in [6.07, 6.45) is 4.47. The summed E-state index contributed by atoms with van der Waals surface area (Å²) in [5, 5.41) is 9.67. The second-order valence-corrected chi connectivity index (χ2v) is 3.08. The summed E-state index contributed by atoms with van der Waals surface area (Å²) in [5.74, 6) is 0. The average Bonchev–Trinajstić information content (AvgIpc) is 1.98. The van der Waals surface area contributed by atoms with Crippen LogP contribution in [0.25, 0.3) is 0 Å². The van der Waals surface area contributed by atoms with Gasteiger partial charge in [-0.3, -0.25) is 4.99 Å². The van der Waals surface area contributed by atoms with E-state index in [0.29, 0.717) is 11.4 Å². The highest BCUT2D eigenvalue weighted by molar-refractivity contribution is 6.05. The lowest BCUT2D eigenvalue weighted by atomic mass is 10.00. The maximum atomic E-state index is 9.67. The predicted octanol–water partition coefficient (Wildman–Crippen LogP) is 1.37. The van der Waals surface area contributed by atoms with E-state index in [9.17, 15) is 5.11 Å². The summed E-state index contributed by atoms with van der Waals surface area (Å²) >= 11 is 0. The second kappa shape index (κ2) is 4.62. The molecule has 0 bridgehead atoms. The van der Waals surface area contributed by atoms with Crippen molar-refractivity contribution in [2.45, 2.75) is 19.4 Å². The van der Waals surface area contributed by atoms with Crippen molar-refractivity contribution in [2.24, 2.45) is 10.7 Å². The maximum Gasteiger partial charge on any atom is 0.103 e. The Kier molecular flexibility index (Phi) is 4.14. The van der Waals surface area contributed by atoms with Gasteiger partial charge in [-0.05, 0) is 19.9 Å². The molecule has 0 unspecified atom stereocenters. The minimum atomic E-state index is -1.07. The van der Waals surface area contributed by atoms with Crippen molar-refractivity contribution in [1.29, 1.82) is 0 Å². The van der Waals surface area contributed by atoms with Crippen LogP contribution in [0.4, 0.5) is 0 Å². The second-order valence-electron chi connectivity index (χ2n) is 3.08. The molecule has 0 aromatic rings. The molecule has 0 atom stereocenters. The van der Waals surface area contributed by atoms with E-state index in [0.717, 1.165) is 0 Å². The zero-order chi connectivity index (χ0) is 10.5. The van der Waals surface area contributed by atoms with Crippen molar-refractivity contribution in [2.75, 3.05) is 0 Å². The first kappa shape index (κ1) is 11.6. The highest BCUT2D eigenvalue weighted by atomic mass is 16.3. The highest BCUT2D eigenvalue weighted by Gasteiger charge is 2.22. The van der Waals surface area contributed by atoms with E-state index in [1.54, 1.807) is 26.0 Å². The molecule has 0 radical (unpaired) electrons. The molecule has 3 nitrogen and oxygen atoms in total. The topological polar surface area (TPSA) is 58.6 Å². The average molecular weight is 180 g/mol. The van der Waals surface area contributed by atoms with Crippen molar-refractivity contribution in [3.63, 3.8) is 0 Å². The Hall–Kier alpha value is -1.35. The van der Waals surface area contributed by atoms with Crippen LogP contribution >= 0.6 is 0 Å². The van der Waals surface area contributed by atoms with Crippen molar-refractivity contribution in [3.05, 3.63) is 37.2 Å². The number of nitrogens with two attached hydrogens (primary N) is 1. The van der Waals surface area contributed by atoms with Crippen LogP contribution in [-0.2, 0) is 0 Å². The summed E-state index contributed by atoms with van der Waals surface area (Å²) < 4.78 is 0. The fraction of sp³-hybridized carbons (Fsp3) is 0.300. The Balaban J connectivity index is 5.06. The predicted molar refractivity (Wildman–Crippen MR) is 56.4 cm³/mol. The summed E-state index contributed by atoms with van der Waals surface area (Å²) in [6.45, 7) is 10.2. The number of hydrogen-bond donors (Lipinski definition) is 2. The van der Waals surface area contributed by atoms with E-state index >= 15 is 0 Å². The monoisotopic (exact) mass is 180 g/mol. The molecular formula is C10H16N2O. The molecule has 0 fully saturated rings. The smallest absolute Gasteiger partial charge is 0.103 e. The van der Waals surface area contributed by atoms with Gasteiger partial charge in [-0.2, -0.15) is 0 Å². The zero-order valence-corrected chi connectivity index (χ0v) is 8.12. The minimum Gasteiger partial charge on any atom is -0.397 e. The molecule has 0 rings (SSSR count). The van der Waals surface area contributed by atoms with Crippen molar-refractivity contribution < 1.29 is 5.11 Å². The maximum absolute atomic E-state index is 9.67. The lowest BCUT2D eigenvalue weighted by Gasteiger charge is -2.19. The summed E-state index contributed by atoms with van der Waals surface area (Å²) in [4.78, 5) is 3.90. The Morgan fingerprint density at radius 1 is 1.46 bits per heavy atom. The molecule has 72 valence electrons. The number of aliphatic imine (C=N–C) groups is 1. The molecule has 0 heterocycles. The molecule has 0 aliphatic rings. The molecular weight excluding hydrogens is 164 g/mol. The molecule has 0 aliphatic carbocycles. The zero-order valence-electron chi connectivity index (χ0n) is 8.12. The fourth-order valence-corrected chi connectivity index (χ4v) is 0.883. The fourth-order valence-electron chi connectivity index (χ4n) is 0.883. The number of allylic oxidation sites excluding steroid dienone is 2. The van der Waals surface area contributed by atoms with Gasteiger partial charge >= 0.3 is 0 Å². The van der Waals surface area contributed by atoms with Crippen LogP contribution in [-0.4, -0.2) is 16.4 Å². The van der Waals surface area contributed by atoms with Crippen molar-refractivity contribution >= 4 is 5.71 Å². The Morgan fingerprint density at radius 2 is 2.00 bits per heavy atom. The van der Waals surface area contributed by atoms with Crippen LogP contribution in [0.2, 0.25) is 0 Å². The summed E-state index contributed by atoms with van der Waals surface area (Å²) in [5.41, 5.74) is 5.36. The van der Waals surface area contributed by atoms with Crippen molar-refractivity contribution in [1.82, 2.24) is 0 Å². The van der Waals surface area contributed by atoms with E-state index in [1.807, 2.05) is 0 Å². The van der Waals surface area contributed by atoms with Crippen LogP contribution < -0.4 is 5.73 Å². The van der Waals surface area contributed by atoms with Gasteiger partial charge in [-0.25, -0.2) is 0 Å². The minimum absolute atomic E-state index is 0.391. The van der Waals surface area contributed by atoms with Crippen LogP contribution in [0.15, 0.2) is 42.2 Å². The van der Waals surface area contributed by atoms with Crippen molar-refractivity contribution in [3.8, 4) is 0 Å². The van der Waals surface area contributed by atoms with Gasteiger partial charge in [0.2, 0.25) is 0 Å². The SMILES string of the molecule is C=C/C=C(N)\C(=N/C=C)C(C)(C)O.